The van der Waals surface area contributed by atoms with Crippen LogP contribution in [0.25, 0.3) is 0 Å². The zero-order chi connectivity index (χ0) is 15.5. The predicted molar refractivity (Wildman–Crippen MR) is 75.8 cm³/mol. The van der Waals surface area contributed by atoms with Gasteiger partial charge in [-0.05, 0) is 52.7 Å². The third-order valence-electron chi connectivity index (χ3n) is 2.90. The first-order chi connectivity index (χ1) is 9.15. The number of ether oxygens (including phenoxy) is 2. The summed E-state index contributed by atoms with van der Waals surface area (Å²) in [4.78, 5) is 26.6. The standard InChI is InChI=1S/C15H23NO4/c1-7-19-12(17)8-11-9(2)10(3)13(16-11)14(18)20-15(4,5)6/h16H,7-8H2,1-6H3. The first-order valence-corrected chi connectivity index (χ1v) is 6.72. The molecule has 0 fully saturated rings. The molecule has 20 heavy (non-hydrogen) atoms. The lowest BCUT2D eigenvalue weighted by molar-refractivity contribution is -0.142. The van der Waals surface area contributed by atoms with Crippen LogP contribution < -0.4 is 0 Å². The molecule has 0 saturated heterocycles. The molecule has 0 spiro atoms. The Bertz CT molecular complexity index is 509. The fourth-order valence-corrected chi connectivity index (χ4v) is 1.82. The molecule has 0 radical (unpaired) electrons. The Morgan fingerprint density at radius 1 is 1.15 bits per heavy atom. The molecule has 5 nitrogen and oxygen atoms in total. The smallest absolute Gasteiger partial charge is 0.355 e. The van der Waals surface area contributed by atoms with Crippen LogP contribution in [0, 0.1) is 13.8 Å². The minimum absolute atomic E-state index is 0.128. The molecule has 0 aromatic carbocycles. The van der Waals surface area contributed by atoms with Crippen LogP contribution in [0.15, 0.2) is 0 Å². The van der Waals surface area contributed by atoms with Crippen molar-refractivity contribution in [2.24, 2.45) is 0 Å². The number of hydrogen-bond acceptors (Lipinski definition) is 4. The predicted octanol–water partition coefficient (Wildman–Crippen LogP) is 2.69. The van der Waals surface area contributed by atoms with E-state index >= 15 is 0 Å². The van der Waals surface area contributed by atoms with Gasteiger partial charge in [0, 0.05) is 5.69 Å². The molecular formula is C15H23NO4. The first kappa shape index (κ1) is 16.3. The minimum atomic E-state index is -0.552. The lowest BCUT2D eigenvalue weighted by Gasteiger charge is -2.19. The molecule has 0 unspecified atom stereocenters. The molecule has 1 aromatic heterocycles. The highest BCUT2D eigenvalue weighted by molar-refractivity contribution is 5.90. The summed E-state index contributed by atoms with van der Waals surface area (Å²) >= 11 is 0. The Kier molecular flexibility index (Phi) is 4.98. The van der Waals surface area contributed by atoms with Crippen molar-refractivity contribution >= 4 is 11.9 Å². The van der Waals surface area contributed by atoms with Gasteiger partial charge in [0.2, 0.25) is 0 Å². The maximum atomic E-state index is 12.1. The number of carbonyl (C=O) groups excluding carboxylic acids is 2. The van der Waals surface area contributed by atoms with Crippen LogP contribution in [0.5, 0.6) is 0 Å². The van der Waals surface area contributed by atoms with Crippen molar-refractivity contribution in [3.8, 4) is 0 Å². The van der Waals surface area contributed by atoms with E-state index in [1.807, 2.05) is 34.6 Å². The van der Waals surface area contributed by atoms with E-state index in [1.165, 1.54) is 0 Å². The second-order valence-electron chi connectivity index (χ2n) is 5.71. The van der Waals surface area contributed by atoms with E-state index in [0.29, 0.717) is 18.0 Å². The van der Waals surface area contributed by atoms with Gasteiger partial charge in [0.15, 0.2) is 0 Å². The Labute approximate surface area is 119 Å². The van der Waals surface area contributed by atoms with Crippen LogP contribution in [0.2, 0.25) is 0 Å². The average molecular weight is 281 g/mol. The monoisotopic (exact) mass is 281 g/mol. The fourth-order valence-electron chi connectivity index (χ4n) is 1.82. The van der Waals surface area contributed by atoms with Crippen LogP contribution in [-0.2, 0) is 20.7 Å². The van der Waals surface area contributed by atoms with Gasteiger partial charge >= 0.3 is 11.9 Å². The molecular weight excluding hydrogens is 258 g/mol. The van der Waals surface area contributed by atoms with E-state index < -0.39 is 11.6 Å². The normalized spacial score (nSPS) is 11.3. The van der Waals surface area contributed by atoms with Gasteiger partial charge in [0.25, 0.3) is 0 Å². The molecule has 5 heteroatoms. The summed E-state index contributed by atoms with van der Waals surface area (Å²) in [6.07, 6.45) is 0.128. The van der Waals surface area contributed by atoms with E-state index in [2.05, 4.69) is 4.98 Å². The zero-order valence-corrected chi connectivity index (χ0v) is 13.0. The van der Waals surface area contributed by atoms with Gasteiger partial charge in [0.1, 0.15) is 11.3 Å². The average Bonchev–Trinajstić information content (AvgIpc) is 2.55. The molecule has 1 N–H and O–H groups in total. The van der Waals surface area contributed by atoms with Gasteiger partial charge < -0.3 is 14.5 Å². The van der Waals surface area contributed by atoms with Crippen molar-refractivity contribution in [1.82, 2.24) is 4.98 Å². The van der Waals surface area contributed by atoms with Gasteiger partial charge in [-0.3, -0.25) is 4.79 Å². The SMILES string of the molecule is CCOC(=O)Cc1[nH]c(C(=O)OC(C)(C)C)c(C)c1C. The van der Waals surface area contributed by atoms with Crippen LogP contribution in [0.1, 0.15) is 55.0 Å². The van der Waals surface area contributed by atoms with E-state index in [4.69, 9.17) is 9.47 Å². The molecule has 0 aliphatic carbocycles. The molecule has 0 saturated carbocycles. The highest BCUT2D eigenvalue weighted by Gasteiger charge is 2.23. The van der Waals surface area contributed by atoms with E-state index in [-0.39, 0.29) is 12.4 Å². The van der Waals surface area contributed by atoms with Crippen molar-refractivity contribution in [3.05, 3.63) is 22.5 Å². The summed E-state index contributed by atoms with van der Waals surface area (Å²) in [6, 6.07) is 0. The molecule has 0 atom stereocenters. The first-order valence-electron chi connectivity index (χ1n) is 6.72. The summed E-state index contributed by atoms with van der Waals surface area (Å²) in [5.41, 5.74) is 2.24. The second kappa shape index (κ2) is 6.11. The van der Waals surface area contributed by atoms with E-state index in [9.17, 15) is 9.59 Å². The number of aromatic nitrogens is 1. The lowest BCUT2D eigenvalue weighted by Crippen LogP contribution is -2.24. The third-order valence-corrected chi connectivity index (χ3v) is 2.90. The molecule has 0 amide bonds. The topological polar surface area (TPSA) is 68.4 Å². The summed E-state index contributed by atoms with van der Waals surface area (Å²) < 4.78 is 10.3. The number of carbonyl (C=O) groups is 2. The fraction of sp³-hybridized carbons (Fsp3) is 0.600. The minimum Gasteiger partial charge on any atom is -0.466 e. The van der Waals surface area contributed by atoms with Crippen molar-refractivity contribution in [1.29, 1.82) is 0 Å². The molecule has 0 aliphatic heterocycles. The highest BCUT2D eigenvalue weighted by Crippen LogP contribution is 2.21. The number of aromatic amines is 1. The third kappa shape index (κ3) is 4.11. The largest absolute Gasteiger partial charge is 0.466 e. The maximum Gasteiger partial charge on any atom is 0.355 e. The number of hydrogen-bond donors (Lipinski definition) is 1. The summed E-state index contributed by atoms with van der Waals surface area (Å²) in [6.45, 7) is 11.3. The van der Waals surface area contributed by atoms with Gasteiger partial charge in [-0.25, -0.2) is 4.79 Å². The number of H-pyrrole nitrogens is 1. The van der Waals surface area contributed by atoms with Gasteiger partial charge in [-0.2, -0.15) is 0 Å². The Morgan fingerprint density at radius 3 is 2.25 bits per heavy atom. The molecule has 1 heterocycles. The van der Waals surface area contributed by atoms with Crippen LogP contribution >= 0.6 is 0 Å². The Morgan fingerprint density at radius 2 is 1.75 bits per heavy atom. The quantitative estimate of drug-likeness (QED) is 0.862. The van der Waals surface area contributed by atoms with Crippen molar-refractivity contribution in [3.63, 3.8) is 0 Å². The number of esters is 2. The van der Waals surface area contributed by atoms with Crippen molar-refractivity contribution in [2.45, 2.75) is 53.6 Å². The lowest BCUT2D eigenvalue weighted by atomic mass is 10.1. The zero-order valence-electron chi connectivity index (χ0n) is 13.0. The van der Waals surface area contributed by atoms with Gasteiger partial charge in [0.05, 0.1) is 13.0 Å². The molecule has 1 aromatic rings. The molecule has 0 aliphatic rings. The van der Waals surface area contributed by atoms with Crippen molar-refractivity contribution in [2.75, 3.05) is 6.61 Å². The Hall–Kier alpha value is -1.78. The Balaban J connectivity index is 2.95. The summed E-state index contributed by atoms with van der Waals surface area (Å²) in [5, 5.41) is 0. The van der Waals surface area contributed by atoms with E-state index in [0.717, 1.165) is 11.1 Å². The van der Waals surface area contributed by atoms with Crippen LogP contribution in [-0.4, -0.2) is 29.1 Å². The number of rotatable bonds is 4. The van der Waals surface area contributed by atoms with Gasteiger partial charge in [-0.15, -0.1) is 0 Å². The maximum absolute atomic E-state index is 12.1. The van der Waals surface area contributed by atoms with E-state index in [1.54, 1.807) is 6.92 Å². The summed E-state index contributed by atoms with van der Waals surface area (Å²) in [5.74, 6) is -0.721. The number of nitrogens with one attached hydrogen (secondary N) is 1. The second-order valence-corrected chi connectivity index (χ2v) is 5.71. The summed E-state index contributed by atoms with van der Waals surface area (Å²) in [7, 11) is 0. The van der Waals surface area contributed by atoms with Crippen LogP contribution in [0.3, 0.4) is 0 Å². The van der Waals surface area contributed by atoms with Gasteiger partial charge in [-0.1, -0.05) is 0 Å². The van der Waals surface area contributed by atoms with Crippen LogP contribution in [0.4, 0.5) is 0 Å². The van der Waals surface area contributed by atoms with Crippen molar-refractivity contribution < 1.29 is 19.1 Å². The molecule has 1 rings (SSSR count). The molecule has 112 valence electrons. The highest BCUT2D eigenvalue weighted by atomic mass is 16.6. The molecule has 0 bridgehead atoms.